The average Bonchev–Trinajstić information content (AvgIpc) is 3.02. The predicted molar refractivity (Wildman–Crippen MR) is 54.6 cm³/mol. The Bertz CT molecular complexity index is 443. The van der Waals surface area contributed by atoms with E-state index in [1.54, 1.807) is 0 Å². The fourth-order valence-corrected chi connectivity index (χ4v) is 1.97. The molecule has 5 heteroatoms. The van der Waals surface area contributed by atoms with Gasteiger partial charge in [-0.2, -0.15) is 0 Å². The third kappa shape index (κ3) is 1.53. The Balaban J connectivity index is 2.37. The van der Waals surface area contributed by atoms with Crippen molar-refractivity contribution in [3.63, 3.8) is 0 Å². The average molecular weight is 225 g/mol. The summed E-state index contributed by atoms with van der Waals surface area (Å²) < 4.78 is 13.2. The molecular weight excluding hydrogens is 213 g/mol. The van der Waals surface area contributed by atoms with E-state index in [1.807, 2.05) is 0 Å². The maximum atomic E-state index is 13.2. The third-order valence-corrected chi connectivity index (χ3v) is 3.17. The summed E-state index contributed by atoms with van der Waals surface area (Å²) in [4.78, 5) is 10.8. The van der Waals surface area contributed by atoms with Crippen LogP contribution in [0.4, 0.5) is 4.39 Å². The van der Waals surface area contributed by atoms with Crippen LogP contribution in [0.3, 0.4) is 0 Å². The van der Waals surface area contributed by atoms with Crippen LogP contribution >= 0.6 is 0 Å². The molecule has 0 spiro atoms. The van der Waals surface area contributed by atoms with E-state index in [9.17, 15) is 9.18 Å². The second-order valence-corrected chi connectivity index (χ2v) is 4.14. The zero-order valence-corrected chi connectivity index (χ0v) is 8.48. The van der Waals surface area contributed by atoms with E-state index in [0.29, 0.717) is 18.4 Å². The molecule has 0 amide bonds. The molecule has 1 aliphatic carbocycles. The zero-order valence-electron chi connectivity index (χ0n) is 8.48. The highest BCUT2D eigenvalue weighted by Gasteiger charge is 2.52. The monoisotopic (exact) mass is 225 g/mol. The summed E-state index contributed by atoms with van der Waals surface area (Å²) in [5.74, 6) is -2.28. The molecule has 1 aromatic rings. The summed E-state index contributed by atoms with van der Waals surface area (Å²) in [6.07, 6.45) is 1.26. The number of aromatic hydroxyl groups is 1. The number of aliphatic carboxylic acids is 1. The molecule has 1 fully saturated rings. The van der Waals surface area contributed by atoms with Crippen molar-refractivity contribution < 1.29 is 19.4 Å². The van der Waals surface area contributed by atoms with Crippen molar-refractivity contribution in [2.24, 2.45) is 5.73 Å². The first-order chi connectivity index (χ1) is 7.47. The summed E-state index contributed by atoms with van der Waals surface area (Å²) in [7, 11) is 0. The highest BCUT2D eigenvalue weighted by Crippen LogP contribution is 2.50. The van der Waals surface area contributed by atoms with E-state index in [4.69, 9.17) is 15.9 Å². The highest BCUT2D eigenvalue weighted by atomic mass is 19.1. The van der Waals surface area contributed by atoms with Gasteiger partial charge in [-0.1, -0.05) is 6.07 Å². The first kappa shape index (κ1) is 10.9. The Hall–Kier alpha value is -1.62. The van der Waals surface area contributed by atoms with Gasteiger partial charge in [0.25, 0.3) is 0 Å². The maximum Gasteiger partial charge on any atom is 0.321 e. The van der Waals surface area contributed by atoms with E-state index >= 15 is 0 Å². The first-order valence-corrected chi connectivity index (χ1v) is 4.95. The molecule has 0 heterocycles. The van der Waals surface area contributed by atoms with Gasteiger partial charge in [-0.05, 0) is 30.5 Å². The molecule has 1 aliphatic rings. The van der Waals surface area contributed by atoms with Crippen molar-refractivity contribution in [3.8, 4) is 5.75 Å². The van der Waals surface area contributed by atoms with Crippen LogP contribution in [0, 0.1) is 5.82 Å². The molecule has 1 unspecified atom stereocenters. The molecule has 1 atom stereocenters. The minimum atomic E-state index is -1.09. The molecule has 16 heavy (non-hydrogen) atoms. The Morgan fingerprint density at radius 3 is 2.56 bits per heavy atom. The molecule has 0 aromatic heterocycles. The first-order valence-electron chi connectivity index (χ1n) is 4.95. The molecule has 0 aliphatic heterocycles. The normalized spacial score (nSPS) is 19.1. The topological polar surface area (TPSA) is 83.6 Å². The van der Waals surface area contributed by atoms with Gasteiger partial charge in [0.2, 0.25) is 0 Å². The van der Waals surface area contributed by atoms with Gasteiger partial charge in [-0.3, -0.25) is 4.79 Å². The standard InChI is InChI=1S/C11H12FNO3/c12-7-5-6(1-2-8(7)14)11(3-4-11)9(13)10(15)16/h1-2,5,9,14H,3-4,13H2,(H,15,16). The third-order valence-electron chi connectivity index (χ3n) is 3.17. The lowest BCUT2D eigenvalue weighted by Gasteiger charge is -2.20. The summed E-state index contributed by atoms with van der Waals surface area (Å²) in [5, 5.41) is 17.9. The predicted octanol–water partition coefficient (Wildman–Crippen LogP) is 0.975. The SMILES string of the molecule is NC(C(=O)O)C1(c2ccc(O)c(F)c2)CC1. The number of halogens is 1. The van der Waals surface area contributed by atoms with Crippen molar-refractivity contribution in [3.05, 3.63) is 29.6 Å². The number of nitrogens with two attached hydrogens (primary N) is 1. The fraction of sp³-hybridized carbons (Fsp3) is 0.364. The number of hydrogen-bond acceptors (Lipinski definition) is 3. The number of hydrogen-bond donors (Lipinski definition) is 3. The lowest BCUT2D eigenvalue weighted by Crippen LogP contribution is -2.42. The molecule has 2 rings (SSSR count). The van der Waals surface area contributed by atoms with Crippen LogP contribution in [0.25, 0.3) is 0 Å². The van der Waals surface area contributed by atoms with Gasteiger partial charge in [-0.15, -0.1) is 0 Å². The maximum absolute atomic E-state index is 13.2. The Labute approximate surface area is 91.5 Å². The van der Waals surface area contributed by atoms with Crippen LogP contribution in [0.1, 0.15) is 18.4 Å². The van der Waals surface area contributed by atoms with Crippen LogP contribution in [-0.2, 0) is 10.2 Å². The van der Waals surface area contributed by atoms with Crippen LogP contribution in [0.5, 0.6) is 5.75 Å². The molecular formula is C11H12FNO3. The molecule has 0 radical (unpaired) electrons. The number of benzene rings is 1. The molecule has 1 aromatic carbocycles. The fourth-order valence-electron chi connectivity index (χ4n) is 1.97. The van der Waals surface area contributed by atoms with E-state index in [2.05, 4.69) is 0 Å². The Morgan fingerprint density at radius 2 is 2.12 bits per heavy atom. The molecule has 86 valence electrons. The largest absolute Gasteiger partial charge is 0.505 e. The van der Waals surface area contributed by atoms with Crippen molar-refractivity contribution in [2.75, 3.05) is 0 Å². The number of carboxylic acids is 1. The van der Waals surface area contributed by atoms with Gasteiger partial charge in [0, 0.05) is 5.41 Å². The smallest absolute Gasteiger partial charge is 0.321 e. The van der Waals surface area contributed by atoms with Crippen LogP contribution in [0.2, 0.25) is 0 Å². The van der Waals surface area contributed by atoms with Gasteiger partial charge in [0.1, 0.15) is 6.04 Å². The molecule has 0 saturated heterocycles. The van der Waals surface area contributed by atoms with Gasteiger partial charge in [-0.25, -0.2) is 4.39 Å². The van der Waals surface area contributed by atoms with Crippen molar-refractivity contribution >= 4 is 5.97 Å². The van der Waals surface area contributed by atoms with Crippen LogP contribution in [0.15, 0.2) is 18.2 Å². The quantitative estimate of drug-likeness (QED) is 0.715. The van der Waals surface area contributed by atoms with E-state index in [1.165, 1.54) is 12.1 Å². The molecule has 1 saturated carbocycles. The number of carboxylic acid groups (broad SMARTS) is 1. The molecule has 4 nitrogen and oxygen atoms in total. The van der Waals surface area contributed by atoms with E-state index < -0.39 is 29.0 Å². The lowest BCUT2D eigenvalue weighted by molar-refractivity contribution is -0.139. The highest BCUT2D eigenvalue weighted by molar-refractivity contribution is 5.77. The summed E-state index contributed by atoms with van der Waals surface area (Å²) >= 11 is 0. The number of phenols is 1. The second-order valence-electron chi connectivity index (χ2n) is 4.14. The van der Waals surface area contributed by atoms with Gasteiger partial charge in [0.05, 0.1) is 0 Å². The van der Waals surface area contributed by atoms with Gasteiger partial charge < -0.3 is 15.9 Å². The number of carbonyl (C=O) groups is 1. The zero-order chi connectivity index (χ0) is 11.9. The Kier molecular flexibility index (Phi) is 2.35. The number of rotatable bonds is 3. The van der Waals surface area contributed by atoms with E-state index in [-0.39, 0.29) is 0 Å². The van der Waals surface area contributed by atoms with Crippen molar-refractivity contribution in [2.45, 2.75) is 24.3 Å². The van der Waals surface area contributed by atoms with Crippen LogP contribution < -0.4 is 5.73 Å². The molecule has 0 bridgehead atoms. The van der Waals surface area contributed by atoms with Crippen LogP contribution in [-0.4, -0.2) is 22.2 Å². The Morgan fingerprint density at radius 1 is 1.50 bits per heavy atom. The minimum absolute atomic E-state index is 0.441. The summed E-state index contributed by atoms with van der Waals surface area (Å²) in [6.45, 7) is 0. The van der Waals surface area contributed by atoms with Gasteiger partial charge >= 0.3 is 5.97 Å². The minimum Gasteiger partial charge on any atom is -0.505 e. The van der Waals surface area contributed by atoms with Gasteiger partial charge in [0.15, 0.2) is 11.6 Å². The molecule has 4 N–H and O–H groups in total. The van der Waals surface area contributed by atoms with Crippen molar-refractivity contribution in [1.29, 1.82) is 0 Å². The summed E-state index contributed by atoms with van der Waals surface area (Å²) in [5.41, 5.74) is 5.47. The summed E-state index contributed by atoms with van der Waals surface area (Å²) in [6, 6.07) is 2.87. The second kappa shape index (κ2) is 3.45. The van der Waals surface area contributed by atoms with E-state index in [0.717, 1.165) is 6.07 Å². The van der Waals surface area contributed by atoms with Crippen molar-refractivity contribution in [1.82, 2.24) is 0 Å². The lowest BCUT2D eigenvalue weighted by atomic mass is 9.88. The number of phenolic OH excluding ortho intramolecular Hbond substituents is 1.